The van der Waals surface area contributed by atoms with E-state index in [-0.39, 0.29) is 5.91 Å². The number of halogens is 1. The summed E-state index contributed by atoms with van der Waals surface area (Å²) in [5, 5.41) is 2.47. The van der Waals surface area contributed by atoms with Gasteiger partial charge in [-0.1, -0.05) is 0 Å². The van der Waals surface area contributed by atoms with Gasteiger partial charge in [-0.15, -0.1) is 0 Å². The zero-order chi connectivity index (χ0) is 8.27. The second-order valence-corrected chi connectivity index (χ2v) is 3.15. The molecule has 0 bridgehead atoms. The fraction of sp³-hybridized carbons (Fsp3) is 0.167. The lowest BCUT2D eigenvalue weighted by Crippen LogP contribution is -2.08. The molecule has 1 aromatic heterocycles. The molecule has 0 aliphatic rings. The predicted octanol–water partition coefficient (Wildman–Crippen LogP) is 1.04. The van der Waals surface area contributed by atoms with Crippen LogP contribution in [-0.4, -0.2) is 15.9 Å². The number of hydrogen-bond donors (Lipinski definition) is 1. The molecule has 0 spiro atoms. The number of nitrogens with zero attached hydrogens (tertiary/aromatic N) is 2. The Morgan fingerprint density at radius 1 is 1.55 bits per heavy atom. The van der Waals surface area contributed by atoms with Crippen LogP contribution < -0.4 is 5.32 Å². The second-order valence-electron chi connectivity index (χ2n) is 1.91. The Labute approximate surface area is 77.6 Å². The van der Waals surface area contributed by atoms with E-state index in [4.69, 9.17) is 0 Å². The molecule has 0 saturated heterocycles. The number of anilines is 1. The standard InChI is InChI=1S/C6H6IN3O/c1-4(11)10-6-8-2-5(7)3-9-6/h2-3H,1H3,(H,8,9,10,11). The summed E-state index contributed by atoms with van der Waals surface area (Å²) >= 11 is 2.09. The molecule has 5 heteroatoms. The molecule has 1 aromatic rings. The number of amides is 1. The van der Waals surface area contributed by atoms with Crippen LogP contribution in [0.15, 0.2) is 12.4 Å². The highest BCUT2D eigenvalue weighted by atomic mass is 127. The van der Waals surface area contributed by atoms with Crippen LogP contribution in [0.4, 0.5) is 5.95 Å². The van der Waals surface area contributed by atoms with Gasteiger partial charge in [-0.2, -0.15) is 0 Å². The summed E-state index contributed by atoms with van der Waals surface area (Å²) in [5.74, 6) is 0.184. The highest BCUT2D eigenvalue weighted by Gasteiger charge is 1.96. The van der Waals surface area contributed by atoms with Crippen LogP contribution in [0, 0.1) is 3.57 Å². The van der Waals surface area contributed by atoms with Gasteiger partial charge in [-0.25, -0.2) is 9.97 Å². The Hall–Kier alpha value is -0.720. The van der Waals surface area contributed by atoms with Gasteiger partial charge >= 0.3 is 0 Å². The van der Waals surface area contributed by atoms with Crippen molar-refractivity contribution in [1.29, 1.82) is 0 Å². The van der Waals surface area contributed by atoms with Crippen molar-refractivity contribution >= 4 is 34.4 Å². The third-order valence-electron chi connectivity index (χ3n) is 0.908. The zero-order valence-corrected chi connectivity index (χ0v) is 7.99. The smallest absolute Gasteiger partial charge is 0.229 e. The SMILES string of the molecule is CC(=O)Nc1ncc(I)cn1. The molecule has 0 aliphatic heterocycles. The molecule has 0 saturated carbocycles. The first-order valence-corrected chi connectivity index (χ1v) is 4.01. The van der Waals surface area contributed by atoms with Gasteiger partial charge in [-0.3, -0.25) is 10.1 Å². The van der Waals surface area contributed by atoms with Crippen molar-refractivity contribution in [3.8, 4) is 0 Å². The molecule has 1 N–H and O–H groups in total. The molecule has 0 atom stereocenters. The van der Waals surface area contributed by atoms with Crippen LogP contribution in [0.3, 0.4) is 0 Å². The Morgan fingerprint density at radius 2 is 2.09 bits per heavy atom. The maximum atomic E-state index is 10.5. The van der Waals surface area contributed by atoms with Crippen molar-refractivity contribution in [1.82, 2.24) is 9.97 Å². The van der Waals surface area contributed by atoms with E-state index in [0.717, 1.165) is 3.57 Å². The Bertz CT molecular complexity index is 259. The average molecular weight is 263 g/mol. The first-order valence-electron chi connectivity index (χ1n) is 2.93. The fourth-order valence-electron chi connectivity index (χ4n) is 0.534. The summed E-state index contributed by atoms with van der Waals surface area (Å²) in [6, 6.07) is 0. The summed E-state index contributed by atoms with van der Waals surface area (Å²) in [4.78, 5) is 18.2. The highest BCUT2D eigenvalue weighted by molar-refractivity contribution is 14.1. The van der Waals surface area contributed by atoms with Crippen LogP contribution in [-0.2, 0) is 4.79 Å². The predicted molar refractivity (Wildman–Crippen MR) is 49.1 cm³/mol. The molecule has 1 heterocycles. The van der Waals surface area contributed by atoms with Crippen molar-refractivity contribution in [2.24, 2.45) is 0 Å². The van der Waals surface area contributed by atoms with E-state index in [1.54, 1.807) is 12.4 Å². The van der Waals surface area contributed by atoms with E-state index in [2.05, 4.69) is 37.9 Å². The van der Waals surface area contributed by atoms with Crippen LogP contribution >= 0.6 is 22.6 Å². The maximum Gasteiger partial charge on any atom is 0.229 e. The summed E-state index contributed by atoms with van der Waals surface area (Å²) in [6.45, 7) is 1.42. The number of nitrogens with one attached hydrogen (secondary N) is 1. The molecule has 0 unspecified atom stereocenters. The van der Waals surface area contributed by atoms with E-state index in [1.807, 2.05) is 0 Å². The lowest BCUT2D eigenvalue weighted by atomic mass is 10.6. The summed E-state index contributed by atoms with van der Waals surface area (Å²) in [7, 11) is 0. The molecular formula is C6H6IN3O. The molecule has 0 aliphatic carbocycles. The average Bonchev–Trinajstić information content (AvgIpc) is 1.93. The monoisotopic (exact) mass is 263 g/mol. The van der Waals surface area contributed by atoms with Gasteiger partial charge in [0.2, 0.25) is 11.9 Å². The van der Waals surface area contributed by atoms with E-state index >= 15 is 0 Å². The van der Waals surface area contributed by atoms with E-state index in [9.17, 15) is 4.79 Å². The molecule has 4 nitrogen and oxygen atoms in total. The Morgan fingerprint density at radius 3 is 2.55 bits per heavy atom. The van der Waals surface area contributed by atoms with Crippen molar-refractivity contribution in [3.63, 3.8) is 0 Å². The minimum absolute atomic E-state index is 0.161. The minimum Gasteiger partial charge on any atom is -0.295 e. The van der Waals surface area contributed by atoms with Crippen LogP contribution in [0.2, 0.25) is 0 Å². The number of carbonyl (C=O) groups is 1. The van der Waals surface area contributed by atoms with Crippen molar-refractivity contribution in [3.05, 3.63) is 16.0 Å². The Balaban J connectivity index is 2.74. The molecule has 0 aromatic carbocycles. The van der Waals surface area contributed by atoms with Gasteiger partial charge in [0.15, 0.2) is 0 Å². The normalized spacial score (nSPS) is 9.27. The molecule has 11 heavy (non-hydrogen) atoms. The minimum atomic E-state index is -0.161. The van der Waals surface area contributed by atoms with Crippen LogP contribution in [0.1, 0.15) is 6.92 Å². The van der Waals surface area contributed by atoms with E-state index < -0.39 is 0 Å². The highest BCUT2D eigenvalue weighted by Crippen LogP contribution is 2.01. The van der Waals surface area contributed by atoms with Gasteiger partial charge in [0.05, 0.1) is 0 Å². The van der Waals surface area contributed by atoms with E-state index in [1.165, 1.54) is 6.92 Å². The van der Waals surface area contributed by atoms with Gasteiger partial charge in [0, 0.05) is 22.9 Å². The number of aromatic nitrogens is 2. The van der Waals surface area contributed by atoms with Crippen molar-refractivity contribution in [2.75, 3.05) is 5.32 Å². The first-order chi connectivity index (χ1) is 5.18. The van der Waals surface area contributed by atoms with Crippen molar-refractivity contribution in [2.45, 2.75) is 6.92 Å². The largest absolute Gasteiger partial charge is 0.295 e. The van der Waals surface area contributed by atoms with Gasteiger partial charge in [-0.05, 0) is 22.6 Å². The third kappa shape index (κ3) is 2.79. The fourth-order valence-corrected chi connectivity index (χ4v) is 0.813. The molecule has 1 rings (SSSR count). The van der Waals surface area contributed by atoms with Crippen LogP contribution in [0.25, 0.3) is 0 Å². The zero-order valence-electron chi connectivity index (χ0n) is 5.84. The van der Waals surface area contributed by atoms with Gasteiger partial charge in [0.25, 0.3) is 0 Å². The molecule has 58 valence electrons. The number of hydrogen-bond acceptors (Lipinski definition) is 3. The molecular weight excluding hydrogens is 257 g/mol. The van der Waals surface area contributed by atoms with Crippen molar-refractivity contribution < 1.29 is 4.79 Å². The quantitative estimate of drug-likeness (QED) is 0.770. The molecule has 1 amide bonds. The molecule has 0 radical (unpaired) electrons. The topological polar surface area (TPSA) is 54.9 Å². The summed E-state index contributed by atoms with van der Waals surface area (Å²) in [6.07, 6.45) is 3.28. The van der Waals surface area contributed by atoms with E-state index in [0.29, 0.717) is 5.95 Å². The third-order valence-corrected chi connectivity index (χ3v) is 1.47. The Kier molecular flexibility index (Phi) is 2.75. The first kappa shape index (κ1) is 8.38. The second kappa shape index (κ2) is 3.61. The lowest BCUT2D eigenvalue weighted by Gasteiger charge is -1.97. The van der Waals surface area contributed by atoms with Gasteiger partial charge < -0.3 is 0 Å². The molecule has 0 fully saturated rings. The maximum absolute atomic E-state index is 10.5. The van der Waals surface area contributed by atoms with Crippen LogP contribution in [0.5, 0.6) is 0 Å². The number of rotatable bonds is 1. The number of carbonyl (C=O) groups excluding carboxylic acids is 1. The summed E-state index contributed by atoms with van der Waals surface area (Å²) in [5.41, 5.74) is 0. The summed E-state index contributed by atoms with van der Waals surface area (Å²) < 4.78 is 0.941. The lowest BCUT2D eigenvalue weighted by molar-refractivity contribution is -0.114. The van der Waals surface area contributed by atoms with Gasteiger partial charge in [0.1, 0.15) is 0 Å².